The van der Waals surface area contributed by atoms with Crippen molar-refractivity contribution in [2.24, 2.45) is 0 Å². The summed E-state index contributed by atoms with van der Waals surface area (Å²) >= 11 is 0. The standard InChI is InChI=1S/C28H24N4O2S/c29-21-9-1-17(2-10-21)25-26(18-3-11-22(30)12-4-18)28(20-7-15-24(32)16-8-20)35(33,34)27(25)19-5-13-23(31)14-6-19/h1-16H,29-32H2. The molecule has 0 amide bonds. The van der Waals surface area contributed by atoms with Gasteiger partial charge in [0.1, 0.15) is 0 Å². The summed E-state index contributed by atoms with van der Waals surface area (Å²) < 4.78 is 28.7. The van der Waals surface area contributed by atoms with Crippen LogP contribution < -0.4 is 22.9 Å². The highest BCUT2D eigenvalue weighted by molar-refractivity contribution is 8.10. The van der Waals surface area contributed by atoms with E-state index in [0.29, 0.717) is 45.0 Å². The van der Waals surface area contributed by atoms with Crippen LogP contribution in [0.5, 0.6) is 0 Å². The Labute approximate surface area is 204 Å². The van der Waals surface area contributed by atoms with Crippen molar-refractivity contribution in [3.8, 4) is 0 Å². The number of allylic oxidation sites excluding steroid dienone is 2. The lowest BCUT2D eigenvalue weighted by Crippen LogP contribution is -2.03. The first-order valence-corrected chi connectivity index (χ1v) is 12.4. The molecule has 0 aromatic heterocycles. The molecule has 174 valence electrons. The molecule has 4 aromatic rings. The number of hydrogen-bond acceptors (Lipinski definition) is 6. The zero-order valence-electron chi connectivity index (χ0n) is 18.8. The van der Waals surface area contributed by atoms with E-state index in [1.807, 2.05) is 24.3 Å². The van der Waals surface area contributed by atoms with Crippen LogP contribution >= 0.6 is 0 Å². The molecular formula is C28H24N4O2S. The minimum atomic E-state index is -3.96. The lowest BCUT2D eigenvalue weighted by molar-refractivity contribution is 0.615. The minimum Gasteiger partial charge on any atom is -0.399 e. The minimum absolute atomic E-state index is 0.209. The summed E-state index contributed by atoms with van der Waals surface area (Å²) in [5, 5.41) is 0. The first kappa shape index (κ1) is 22.3. The molecule has 0 atom stereocenters. The molecule has 1 aliphatic heterocycles. The first-order valence-electron chi connectivity index (χ1n) is 10.9. The second-order valence-corrected chi connectivity index (χ2v) is 10.2. The van der Waals surface area contributed by atoms with Crippen LogP contribution in [0.15, 0.2) is 97.1 Å². The summed E-state index contributed by atoms with van der Waals surface area (Å²) in [7, 11) is -3.96. The van der Waals surface area contributed by atoms with Gasteiger partial charge in [0.15, 0.2) is 0 Å². The number of nitrogens with two attached hydrogens (primary N) is 4. The molecule has 1 aliphatic rings. The van der Waals surface area contributed by atoms with E-state index in [0.717, 1.165) is 11.1 Å². The summed E-state index contributed by atoms with van der Waals surface area (Å²) in [6.07, 6.45) is 0. The Morgan fingerprint density at radius 1 is 0.371 bits per heavy atom. The van der Waals surface area contributed by atoms with Crippen LogP contribution in [-0.4, -0.2) is 8.42 Å². The lowest BCUT2D eigenvalue weighted by Gasteiger charge is -2.13. The van der Waals surface area contributed by atoms with Crippen molar-refractivity contribution in [3.05, 3.63) is 119 Å². The molecule has 0 unspecified atom stereocenters. The van der Waals surface area contributed by atoms with Crippen molar-refractivity contribution in [2.45, 2.75) is 0 Å². The highest BCUT2D eigenvalue weighted by Gasteiger charge is 2.40. The second-order valence-electron chi connectivity index (χ2n) is 8.40. The number of rotatable bonds is 4. The largest absolute Gasteiger partial charge is 0.399 e. The predicted octanol–water partition coefficient (Wildman–Crippen LogP) is 4.88. The zero-order chi connectivity index (χ0) is 24.7. The van der Waals surface area contributed by atoms with Gasteiger partial charge in [-0.1, -0.05) is 48.5 Å². The predicted molar refractivity (Wildman–Crippen MR) is 146 cm³/mol. The fraction of sp³-hybridized carbons (Fsp3) is 0. The lowest BCUT2D eigenvalue weighted by atomic mass is 9.89. The number of hydrogen-bond donors (Lipinski definition) is 4. The maximum absolute atomic E-state index is 14.3. The van der Waals surface area contributed by atoms with Crippen molar-refractivity contribution in [1.82, 2.24) is 0 Å². The Balaban J connectivity index is 1.92. The molecule has 6 nitrogen and oxygen atoms in total. The quantitative estimate of drug-likeness (QED) is 0.307. The van der Waals surface area contributed by atoms with Gasteiger partial charge in [-0.05, 0) is 70.8 Å². The van der Waals surface area contributed by atoms with Gasteiger partial charge in [-0.3, -0.25) is 0 Å². The molecule has 5 rings (SSSR count). The molecule has 0 bridgehead atoms. The van der Waals surface area contributed by atoms with E-state index in [2.05, 4.69) is 0 Å². The molecule has 0 spiro atoms. The topological polar surface area (TPSA) is 138 Å². The number of benzene rings is 4. The highest BCUT2D eigenvalue weighted by Crippen LogP contribution is 2.54. The van der Waals surface area contributed by atoms with E-state index in [1.165, 1.54) is 0 Å². The summed E-state index contributed by atoms with van der Waals surface area (Å²) in [5.74, 6) is 0. The van der Waals surface area contributed by atoms with Gasteiger partial charge in [-0.25, -0.2) is 8.42 Å². The Hall–Kier alpha value is -4.49. The average molecular weight is 481 g/mol. The van der Waals surface area contributed by atoms with Gasteiger partial charge in [0.2, 0.25) is 9.84 Å². The molecule has 0 saturated carbocycles. The third-order valence-corrected chi connectivity index (χ3v) is 7.94. The zero-order valence-corrected chi connectivity index (χ0v) is 19.6. The SMILES string of the molecule is Nc1ccc(C2=C(c3ccc(N)cc3)S(=O)(=O)C(c3ccc(N)cc3)=C2c2ccc(N)cc2)cc1. The van der Waals surface area contributed by atoms with Crippen LogP contribution in [0, 0.1) is 0 Å². The Morgan fingerprint density at radius 2 is 0.600 bits per heavy atom. The molecule has 8 N–H and O–H groups in total. The van der Waals surface area contributed by atoms with Gasteiger partial charge in [-0.2, -0.15) is 0 Å². The molecular weight excluding hydrogens is 456 g/mol. The Kier molecular flexibility index (Phi) is 5.34. The first-order chi connectivity index (χ1) is 16.8. The maximum Gasteiger partial charge on any atom is 0.209 e. The van der Waals surface area contributed by atoms with Gasteiger partial charge in [0, 0.05) is 33.9 Å². The molecule has 0 aliphatic carbocycles. The van der Waals surface area contributed by atoms with E-state index >= 15 is 0 Å². The van der Waals surface area contributed by atoms with Crippen molar-refractivity contribution in [2.75, 3.05) is 22.9 Å². The number of anilines is 4. The van der Waals surface area contributed by atoms with Crippen LogP contribution in [0.2, 0.25) is 0 Å². The van der Waals surface area contributed by atoms with Crippen molar-refractivity contribution < 1.29 is 8.42 Å². The van der Waals surface area contributed by atoms with Gasteiger partial charge in [0.05, 0.1) is 9.81 Å². The number of sulfone groups is 1. The summed E-state index contributed by atoms with van der Waals surface area (Å²) in [6, 6.07) is 28.1. The Bertz CT molecular complexity index is 1470. The fourth-order valence-electron chi connectivity index (χ4n) is 4.32. The molecule has 7 heteroatoms. The third-order valence-electron chi connectivity index (χ3n) is 5.99. The molecule has 0 radical (unpaired) electrons. The van der Waals surface area contributed by atoms with Crippen LogP contribution in [0.1, 0.15) is 22.3 Å². The molecule has 35 heavy (non-hydrogen) atoms. The van der Waals surface area contributed by atoms with Crippen LogP contribution in [-0.2, 0) is 9.84 Å². The normalized spacial score (nSPS) is 15.0. The monoisotopic (exact) mass is 480 g/mol. The average Bonchev–Trinajstić information content (AvgIpc) is 3.08. The van der Waals surface area contributed by atoms with Gasteiger partial charge in [-0.15, -0.1) is 0 Å². The van der Waals surface area contributed by atoms with Crippen LogP contribution in [0.25, 0.3) is 21.0 Å². The summed E-state index contributed by atoms with van der Waals surface area (Å²) in [6.45, 7) is 0. The maximum atomic E-state index is 14.3. The third kappa shape index (κ3) is 3.92. The summed E-state index contributed by atoms with van der Waals surface area (Å²) in [4.78, 5) is 0.418. The molecule has 1 heterocycles. The van der Waals surface area contributed by atoms with Crippen LogP contribution in [0.4, 0.5) is 22.7 Å². The number of nitrogen functional groups attached to an aromatic ring is 4. The smallest absolute Gasteiger partial charge is 0.209 e. The molecule has 0 fully saturated rings. The van der Waals surface area contributed by atoms with E-state index in [-0.39, 0.29) is 9.81 Å². The van der Waals surface area contributed by atoms with E-state index in [4.69, 9.17) is 22.9 Å². The van der Waals surface area contributed by atoms with Crippen molar-refractivity contribution in [3.63, 3.8) is 0 Å². The van der Waals surface area contributed by atoms with Gasteiger partial charge in [0.25, 0.3) is 0 Å². The van der Waals surface area contributed by atoms with Crippen molar-refractivity contribution >= 4 is 53.5 Å². The molecule has 4 aromatic carbocycles. The summed E-state index contributed by atoms with van der Waals surface area (Å²) in [5.41, 5.74) is 29.7. The van der Waals surface area contributed by atoms with E-state index in [1.54, 1.807) is 72.8 Å². The van der Waals surface area contributed by atoms with E-state index in [9.17, 15) is 8.42 Å². The Morgan fingerprint density at radius 3 is 0.857 bits per heavy atom. The second kappa shape index (κ2) is 8.38. The molecule has 0 saturated heterocycles. The van der Waals surface area contributed by atoms with Crippen molar-refractivity contribution in [1.29, 1.82) is 0 Å². The fourth-order valence-corrected chi connectivity index (χ4v) is 6.39. The highest BCUT2D eigenvalue weighted by atomic mass is 32.2. The van der Waals surface area contributed by atoms with Crippen LogP contribution in [0.3, 0.4) is 0 Å². The van der Waals surface area contributed by atoms with Gasteiger partial charge >= 0.3 is 0 Å². The van der Waals surface area contributed by atoms with E-state index < -0.39 is 9.84 Å². The van der Waals surface area contributed by atoms with Gasteiger partial charge < -0.3 is 22.9 Å².